The molecule has 0 atom stereocenters. The van der Waals surface area contributed by atoms with Gasteiger partial charge in [-0.15, -0.1) is 11.3 Å². The Morgan fingerprint density at radius 3 is 1.16 bits per heavy atom. The van der Waals surface area contributed by atoms with Crippen molar-refractivity contribution >= 4 is 102 Å². The number of carbonyl (C=O) groups excluding carboxylic acids is 4. The Kier molecular flexibility index (Phi) is 15.2. The van der Waals surface area contributed by atoms with Crippen molar-refractivity contribution in [1.82, 2.24) is 9.13 Å². The molecule has 0 aliphatic rings. The Morgan fingerprint density at radius 1 is 0.493 bits per heavy atom. The molecule has 0 aliphatic heterocycles. The van der Waals surface area contributed by atoms with Gasteiger partial charge < -0.3 is 29.0 Å². The first-order valence-electron chi connectivity index (χ1n) is 22.5. The SMILES string of the molecule is CCCCC/C(=N\OC(C)=O)c1ccc2c(c1)c1cc(C(=O)c3ccc(C(=O)c4ccc5c(c4)c4cc(/C(CCCCC)=N/OC(C)=O)ccc4n5CCC(=O)O)s3)ccc1n2CCC(=O)O. The molecule has 0 bridgehead atoms. The minimum Gasteiger partial charge on any atom is -0.481 e. The van der Waals surface area contributed by atoms with E-state index in [1.807, 2.05) is 57.7 Å². The highest BCUT2D eigenvalue weighted by Crippen LogP contribution is 2.35. The van der Waals surface area contributed by atoms with Crippen LogP contribution in [0.5, 0.6) is 0 Å². The number of rotatable bonds is 22. The van der Waals surface area contributed by atoms with Gasteiger partial charge in [-0.25, -0.2) is 9.59 Å². The predicted octanol–water partition coefficient (Wildman–Crippen LogP) is 11.1. The number of aliphatic carboxylic acids is 2. The molecule has 0 spiro atoms. The van der Waals surface area contributed by atoms with E-state index in [1.165, 1.54) is 13.8 Å². The van der Waals surface area contributed by atoms with Crippen molar-refractivity contribution in [2.75, 3.05) is 0 Å². The van der Waals surface area contributed by atoms with Crippen LogP contribution in [0.2, 0.25) is 0 Å². The number of thiophene rings is 1. The summed E-state index contributed by atoms with van der Waals surface area (Å²) in [6, 6.07) is 25.3. The molecule has 14 nitrogen and oxygen atoms in total. The van der Waals surface area contributed by atoms with Gasteiger partial charge in [-0.05, 0) is 98.5 Å². The van der Waals surface area contributed by atoms with Gasteiger partial charge in [-0.2, -0.15) is 0 Å². The van der Waals surface area contributed by atoms with E-state index < -0.39 is 23.9 Å². The number of fused-ring (bicyclic) bond motifs is 6. The maximum atomic E-state index is 14.2. The fourth-order valence-electron chi connectivity index (χ4n) is 8.42. The summed E-state index contributed by atoms with van der Waals surface area (Å²) < 4.78 is 3.84. The Balaban J connectivity index is 1.24. The van der Waals surface area contributed by atoms with Gasteiger partial charge in [0.05, 0.1) is 34.0 Å². The quantitative estimate of drug-likeness (QED) is 0.0217. The number of nitrogens with zero attached hydrogens (tertiary/aromatic N) is 4. The summed E-state index contributed by atoms with van der Waals surface area (Å²) in [6.07, 6.45) is 6.51. The zero-order valence-electron chi connectivity index (χ0n) is 37.9. The maximum absolute atomic E-state index is 14.2. The smallest absolute Gasteiger partial charge is 0.331 e. The first-order valence-corrected chi connectivity index (χ1v) is 23.3. The van der Waals surface area contributed by atoms with Crippen LogP contribution in [0.1, 0.15) is 134 Å². The third-order valence-corrected chi connectivity index (χ3v) is 12.8. The van der Waals surface area contributed by atoms with Gasteiger partial charge >= 0.3 is 23.9 Å². The zero-order chi connectivity index (χ0) is 47.8. The average Bonchev–Trinajstić information content (AvgIpc) is 4.01. The van der Waals surface area contributed by atoms with Gasteiger partial charge in [0.1, 0.15) is 0 Å². The molecule has 3 aromatic heterocycles. The first-order chi connectivity index (χ1) is 32.3. The van der Waals surface area contributed by atoms with Crippen LogP contribution in [-0.4, -0.2) is 66.2 Å². The van der Waals surface area contributed by atoms with E-state index in [0.29, 0.717) is 45.1 Å². The molecule has 67 heavy (non-hydrogen) atoms. The summed E-state index contributed by atoms with van der Waals surface area (Å²) in [7, 11) is 0. The Bertz CT molecular complexity index is 2930. The maximum Gasteiger partial charge on any atom is 0.331 e. The van der Waals surface area contributed by atoms with E-state index in [2.05, 4.69) is 24.2 Å². The number of aryl methyl sites for hydroxylation is 2. The third-order valence-electron chi connectivity index (χ3n) is 11.7. The van der Waals surface area contributed by atoms with Crippen LogP contribution in [-0.2, 0) is 41.9 Å². The molecular formula is C52H52N4O10S. The number of oxime groups is 2. The minimum absolute atomic E-state index is 0.114. The molecule has 346 valence electrons. The molecule has 15 heteroatoms. The number of aromatic nitrogens is 2. The highest BCUT2D eigenvalue weighted by atomic mass is 32.1. The molecule has 0 saturated carbocycles. The first kappa shape index (κ1) is 47.7. The largest absolute Gasteiger partial charge is 0.481 e. The molecule has 0 amide bonds. The topological polar surface area (TPSA) is 196 Å². The fourth-order valence-corrected chi connectivity index (χ4v) is 9.35. The number of benzene rings is 4. The number of ketones is 2. The number of unbranched alkanes of at least 4 members (excludes halogenated alkanes) is 4. The molecule has 2 N–H and O–H groups in total. The standard InChI is InChI=1S/C52H52N4O10S/c1-5-7-9-11-41(53-65-31(3)57)33-13-17-43-37(27-33)39-29-35(15-19-45(39)55(43)25-23-49(59)60)51(63)47-21-22-48(67-47)52(64)36-16-20-46-40(30-36)38-28-34(14-18-44(38)56(46)26-24-50(61)62)42(12-10-8-6-2)54-66-32(4)58/h13-22,27-30H,5-12,23-26H2,1-4H3,(H,59,60)(H,61,62)/b53-41+,54-42+. The molecule has 0 aliphatic carbocycles. The summed E-state index contributed by atoms with van der Waals surface area (Å²) in [5, 5.41) is 30.5. The molecule has 0 radical (unpaired) electrons. The number of carboxylic acid groups (broad SMARTS) is 2. The average molecular weight is 925 g/mol. The highest BCUT2D eigenvalue weighted by molar-refractivity contribution is 7.16. The van der Waals surface area contributed by atoms with Gasteiger partial charge in [0, 0.05) is 92.8 Å². The van der Waals surface area contributed by atoms with E-state index >= 15 is 0 Å². The molecule has 7 aromatic rings. The monoisotopic (exact) mass is 924 g/mol. The number of hydrogen-bond donors (Lipinski definition) is 2. The second-order valence-corrected chi connectivity index (χ2v) is 17.6. The summed E-state index contributed by atoms with van der Waals surface area (Å²) >= 11 is 1.08. The van der Waals surface area contributed by atoms with Crippen LogP contribution < -0.4 is 0 Å². The molecular weight excluding hydrogens is 873 g/mol. The number of hydrogen-bond acceptors (Lipinski definition) is 11. The van der Waals surface area contributed by atoms with Crippen LogP contribution in [0.15, 0.2) is 95.2 Å². The normalized spacial score (nSPS) is 12.1. The van der Waals surface area contributed by atoms with Crippen molar-refractivity contribution in [2.45, 2.75) is 105 Å². The van der Waals surface area contributed by atoms with Crippen LogP contribution in [0.4, 0.5) is 0 Å². The Hall–Kier alpha value is -7.26. The van der Waals surface area contributed by atoms with Crippen LogP contribution in [0.3, 0.4) is 0 Å². The highest BCUT2D eigenvalue weighted by Gasteiger charge is 2.22. The molecule has 7 rings (SSSR count). The van der Waals surface area contributed by atoms with Crippen LogP contribution in [0.25, 0.3) is 43.6 Å². The molecule has 3 heterocycles. The zero-order valence-corrected chi connectivity index (χ0v) is 38.7. The molecule has 0 fully saturated rings. The van der Waals surface area contributed by atoms with Gasteiger partial charge in [0.2, 0.25) is 11.6 Å². The van der Waals surface area contributed by atoms with Gasteiger partial charge in [-0.1, -0.05) is 62.0 Å². The molecule has 4 aromatic carbocycles. The van der Waals surface area contributed by atoms with E-state index in [-0.39, 0.29) is 37.5 Å². The summed E-state index contributed by atoms with van der Waals surface area (Å²) in [4.78, 5) is 86.2. The van der Waals surface area contributed by atoms with Gasteiger partial charge in [0.25, 0.3) is 0 Å². The third kappa shape index (κ3) is 10.9. The van der Waals surface area contributed by atoms with Gasteiger partial charge in [0.15, 0.2) is 0 Å². The van der Waals surface area contributed by atoms with E-state index in [4.69, 9.17) is 9.68 Å². The summed E-state index contributed by atoms with van der Waals surface area (Å²) in [6.45, 7) is 7.17. The number of carboxylic acids is 2. The van der Waals surface area contributed by atoms with Crippen molar-refractivity contribution in [2.24, 2.45) is 10.3 Å². The van der Waals surface area contributed by atoms with E-state index in [9.17, 15) is 39.0 Å². The predicted molar refractivity (Wildman–Crippen MR) is 259 cm³/mol. The van der Waals surface area contributed by atoms with Crippen molar-refractivity contribution in [1.29, 1.82) is 0 Å². The lowest BCUT2D eigenvalue weighted by Crippen LogP contribution is -2.06. The van der Waals surface area contributed by atoms with Crippen molar-refractivity contribution in [3.63, 3.8) is 0 Å². The molecule has 0 unspecified atom stereocenters. The lowest BCUT2D eigenvalue weighted by Gasteiger charge is -2.08. The van der Waals surface area contributed by atoms with Crippen LogP contribution in [0, 0.1) is 0 Å². The summed E-state index contributed by atoms with van der Waals surface area (Å²) in [5.41, 5.74) is 6.48. The molecule has 0 saturated heterocycles. The minimum atomic E-state index is -0.945. The van der Waals surface area contributed by atoms with E-state index in [1.54, 1.807) is 36.4 Å². The van der Waals surface area contributed by atoms with Crippen molar-refractivity contribution < 1.29 is 48.7 Å². The van der Waals surface area contributed by atoms with Crippen molar-refractivity contribution in [3.8, 4) is 0 Å². The second kappa shape index (κ2) is 21.4. The fraction of sp³-hybridized carbons (Fsp3) is 0.308. The van der Waals surface area contributed by atoms with Gasteiger partial charge in [-0.3, -0.25) is 19.2 Å². The van der Waals surface area contributed by atoms with Crippen LogP contribution >= 0.6 is 11.3 Å². The van der Waals surface area contributed by atoms with Crippen molar-refractivity contribution in [3.05, 3.63) is 117 Å². The second-order valence-electron chi connectivity index (χ2n) is 16.5. The Labute approximate surface area is 390 Å². The summed E-state index contributed by atoms with van der Waals surface area (Å²) in [5.74, 6) is -3.54. The lowest BCUT2D eigenvalue weighted by molar-refractivity contribution is -0.141. The number of carbonyl (C=O) groups is 6. The lowest BCUT2D eigenvalue weighted by atomic mass is 10.0. The Morgan fingerprint density at radius 2 is 0.836 bits per heavy atom. The van der Waals surface area contributed by atoms with E-state index in [0.717, 1.165) is 105 Å².